The lowest BCUT2D eigenvalue weighted by atomic mass is 10.0. The number of carbonyl (C=O) groups excluding carboxylic acids is 2. The Kier molecular flexibility index (Phi) is 3.65. The molecule has 84 valence electrons. The van der Waals surface area contributed by atoms with Gasteiger partial charge in [0.05, 0.1) is 6.61 Å². The number of aliphatic carboxylic acids is 1. The molecule has 0 bridgehead atoms. The smallest absolute Gasteiger partial charge is 0.417 e. The maximum absolute atomic E-state index is 11.4. The SMILES string of the molecule is CCOC(=O)N1C(=O)CCCC1C(=O)O. The first kappa shape index (κ1) is 11.5. The molecule has 1 unspecified atom stereocenters. The molecule has 0 spiro atoms. The van der Waals surface area contributed by atoms with Gasteiger partial charge in [0.1, 0.15) is 6.04 Å². The Morgan fingerprint density at radius 1 is 1.60 bits per heavy atom. The molecule has 6 heteroatoms. The van der Waals surface area contributed by atoms with E-state index in [0.717, 1.165) is 0 Å². The molecule has 0 saturated carbocycles. The second-order valence-electron chi connectivity index (χ2n) is 3.21. The molecule has 1 N–H and O–H groups in total. The van der Waals surface area contributed by atoms with Crippen LogP contribution in [0.5, 0.6) is 0 Å². The summed E-state index contributed by atoms with van der Waals surface area (Å²) in [5, 5.41) is 8.84. The monoisotopic (exact) mass is 215 g/mol. The molecule has 0 aliphatic carbocycles. The lowest BCUT2D eigenvalue weighted by Gasteiger charge is -2.29. The van der Waals surface area contributed by atoms with Crippen LogP contribution in [0.4, 0.5) is 4.79 Å². The average molecular weight is 215 g/mol. The summed E-state index contributed by atoms with van der Waals surface area (Å²) < 4.78 is 4.64. The number of carbonyl (C=O) groups is 3. The molecule has 1 aliphatic rings. The van der Waals surface area contributed by atoms with E-state index in [9.17, 15) is 14.4 Å². The Morgan fingerprint density at radius 3 is 2.80 bits per heavy atom. The Balaban J connectivity index is 2.81. The summed E-state index contributed by atoms with van der Waals surface area (Å²) in [5.74, 6) is -1.65. The van der Waals surface area contributed by atoms with Crippen LogP contribution < -0.4 is 0 Å². The molecule has 0 aromatic rings. The number of likely N-dealkylation sites (tertiary alicyclic amines) is 1. The predicted molar refractivity (Wildman–Crippen MR) is 49.1 cm³/mol. The molecule has 6 nitrogen and oxygen atoms in total. The summed E-state index contributed by atoms with van der Waals surface area (Å²) in [6, 6.07) is -1.08. The summed E-state index contributed by atoms with van der Waals surface area (Å²) >= 11 is 0. The zero-order valence-electron chi connectivity index (χ0n) is 8.43. The van der Waals surface area contributed by atoms with Crippen LogP contribution in [0.25, 0.3) is 0 Å². The zero-order chi connectivity index (χ0) is 11.4. The molecule has 1 atom stereocenters. The van der Waals surface area contributed by atoms with Gasteiger partial charge in [0, 0.05) is 6.42 Å². The summed E-state index contributed by atoms with van der Waals surface area (Å²) in [7, 11) is 0. The fourth-order valence-corrected chi connectivity index (χ4v) is 1.53. The lowest BCUT2D eigenvalue weighted by Crippen LogP contribution is -2.51. The van der Waals surface area contributed by atoms with E-state index in [0.29, 0.717) is 17.7 Å². The first-order valence-corrected chi connectivity index (χ1v) is 4.79. The molecule has 1 saturated heterocycles. The molecular formula is C9H13NO5. The van der Waals surface area contributed by atoms with Gasteiger partial charge in [0.15, 0.2) is 0 Å². The largest absolute Gasteiger partial charge is 0.480 e. The van der Waals surface area contributed by atoms with E-state index < -0.39 is 24.0 Å². The van der Waals surface area contributed by atoms with Gasteiger partial charge in [-0.2, -0.15) is 0 Å². The molecule has 0 aromatic carbocycles. The first-order valence-electron chi connectivity index (χ1n) is 4.79. The van der Waals surface area contributed by atoms with E-state index in [1.807, 2.05) is 0 Å². The molecule has 2 amide bonds. The lowest BCUT2D eigenvalue weighted by molar-refractivity contribution is -0.151. The molecule has 1 heterocycles. The minimum absolute atomic E-state index is 0.120. The number of ether oxygens (including phenoxy) is 1. The second kappa shape index (κ2) is 4.77. The van der Waals surface area contributed by atoms with Crippen molar-refractivity contribution in [3.8, 4) is 0 Å². The standard InChI is InChI=1S/C9H13NO5/c1-2-15-9(14)10-6(8(12)13)4-3-5-7(10)11/h6H,2-5H2,1H3,(H,12,13). The third-order valence-electron chi connectivity index (χ3n) is 2.20. The highest BCUT2D eigenvalue weighted by Crippen LogP contribution is 2.19. The van der Waals surface area contributed by atoms with Crippen LogP contribution in [0.3, 0.4) is 0 Å². The van der Waals surface area contributed by atoms with E-state index in [1.165, 1.54) is 0 Å². The maximum Gasteiger partial charge on any atom is 0.417 e. The number of hydrogen-bond donors (Lipinski definition) is 1. The van der Waals surface area contributed by atoms with E-state index in [4.69, 9.17) is 5.11 Å². The van der Waals surface area contributed by atoms with Crippen molar-refractivity contribution >= 4 is 18.0 Å². The van der Waals surface area contributed by atoms with Gasteiger partial charge in [0.2, 0.25) is 5.91 Å². The van der Waals surface area contributed by atoms with Crippen LogP contribution in [0.1, 0.15) is 26.2 Å². The number of amides is 2. The number of carboxylic acid groups (broad SMARTS) is 1. The van der Waals surface area contributed by atoms with E-state index in [2.05, 4.69) is 4.74 Å². The highest BCUT2D eigenvalue weighted by molar-refractivity contribution is 5.97. The van der Waals surface area contributed by atoms with Crippen molar-refractivity contribution in [3.05, 3.63) is 0 Å². The normalized spacial score (nSPS) is 21.3. The number of carboxylic acids is 1. The van der Waals surface area contributed by atoms with Crippen molar-refractivity contribution in [2.24, 2.45) is 0 Å². The molecule has 15 heavy (non-hydrogen) atoms. The third-order valence-corrected chi connectivity index (χ3v) is 2.20. The summed E-state index contributed by atoms with van der Waals surface area (Å²) in [6.07, 6.45) is 0.114. The van der Waals surface area contributed by atoms with E-state index in [1.54, 1.807) is 6.92 Å². The van der Waals surface area contributed by atoms with E-state index >= 15 is 0 Å². The minimum Gasteiger partial charge on any atom is -0.480 e. The van der Waals surface area contributed by atoms with Crippen LogP contribution in [0.2, 0.25) is 0 Å². The number of nitrogens with zero attached hydrogens (tertiary/aromatic N) is 1. The van der Waals surface area contributed by atoms with Crippen molar-refractivity contribution in [2.75, 3.05) is 6.61 Å². The Bertz CT molecular complexity index is 288. The average Bonchev–Trinajstić information content (AvgIpc) is 2.17. The second-order valence-corrected chi connectivity index (χ2v) is 3.21. The minimum atomic E-state index is -1.17. The summed E-state index contributed by atoms with van der Waals surface area (Å²) in [4.78, 5) is 34.3. The Hall–Kier alpha value is -1.59. The molecule has 1 aliphatic heterocycles. The Morgan fingerprint density at radius 2 is 2.27 bits per heavy atom. The van der Waals surface area contributed by atoms with Gasteiger partial charge in [-0.3, -0.25) is 4.79 Å². The van der Waals surface area contributed by atoms with Crippen molar-refractivity contribution < 1.29 is 24.2 Å². The van der Waals surface area contributed by atoms with Crippen LogP contribution >= 0.6 is 0 Å². The third kappa shape index (κ3) is 2.45. The molecule has 0 radical (unpaired) electrons. The predicted octanol–water partition coefficient (Wildman–Crippen LogP) is 0.609. The highest BCUT2D eigenvalue weighted by Gasteiger charge is 2.38. The van der Waals surface area contributed by atoms with Gasteiger partial charge in [0.25, 0.3) is 0 Å². The number of hydrogen-bond acceptors (Lipinski definition) is 4. The number of piperidine rings is 1. The van der Waals surface area contributed by atoms with Gasteiger partial charge < -0.3 is 9.84 Å². The van der Waals surface area contributed by atoms with Gasteiger partial charge in [-0.1, -0.05) is 0 Å². The number of imide groups is 1. The van der Waals surface area contributed by atoms with E-state index in [-0.39, 0.29) is 13.0 Å². The van der Waals surface area contributed by atoms with Crippen LogP contribution in [-0.4, -0.2) is 40.6 Å². The van der Waals surface area contributed by atoms with Gasteiger partial charge in [-0.15, -0.1) is 0 Å². The molecular weight excluding hydrogens is 202 g/mol. The van der Waals surface area contributed by atoms with Crippen LogP contribution in [0.15, 0.2) is 0 Å². The van der Waals surface area contributed by atoms with Crippen molar-refractivity contribution in [1.29, 1.82) is 0 Å². The number of rotatable bonds is 2. The summed E-state index contributed by atoms with van der Waals surface area (Å²) in [6.45, 7) is 1.72. The molecule has 1 rings (SSSR count). The fraction of sp³-hybridized carbons (Fsp3) is 0.667. The maximum atomic E-state index is 11.4. The molecule has 1 fully saturated rings. The highest BCUT2D eigenvalue weighted by atomic mass is 16.6. The molecule has 0 aromatic heterocycles. The Labute approximate surface area is 86.8 Å². The first-order chi connectivity index (χ1) is 7.07. The van der Waals surface area contributed by atoms with Crippen molar-refractivity contribution in [3.63, 3.8) is 0 Å². The summed E-state index contributed by atoms with van der Waals surface area (Å²) in [5.41, 5.74) is 0. The van der Waals surface area contributed by atoms with Gasteiger partial charge >= 0.3 is 12.1 Å². The topological polar surface area (TPSA) is 83.9 Å². The van der Waals surface area contributed by atoms with Crippen LogP contribution in [0, 0.1) is 0 Å². The van der Waals surface area contributed by atoms with Crippen molar-refractivity contribution in [1.82, 2.24) is 4.90 Å². The van der Waals surface area contributed by atoms with Gasteiger partial charge in [-0.05, 0) is 19.8 Å². The van der Waals surface area contributed by atoms with Crippen LogP contribution in [-0.2, 0) is 14.3 Å². The quantitative estimate of drug-likeness (QED) is 0.729. The fourth-order valence-electron chi connectivity index (χ4n) is 1.53. The van der Waals surface area contributed by atoms with Gasteiger partial charge in [-0.25, -0.2) is 14.5 Å². The zero-order valence-corrected chi connectivity index (χ0v) is 8.43. The van der Waals surface area contributed by atoms with Crippen molar-refractivity contribution in [2.45, 2.75) is 32.2 Å².